The van der Waals surface area contributed by atoms with Gasteiger partial charge in [-0.1, -0.05) is 62.4 Å². The molecule has 3 heterocycles. The molecule has 3 atom stereocenters. The molecule has 0 spiro atoms. The third kappa shape index (κ3) is 6.63. The van der Waals surface area contributed by atoms with Crippen molar-refractivity contribution in [3.63, 3.8) is 0 Å². The fourth-order valence-electron chi connectivity index (χ4n) is 5.76. The monoisotopic (exact) mass is 481 g/mol. The molecule has 2 N–H and O–H groups in total. The zero-order valence-electron chi connectivity index (χ0n) is 21.0. The average molecular weight is 482 g/mol. The summed E-state index contributed by atoms with van der Waals surface area (Å²) >= 11 is 0. The number of likely N-dealkylation sites (tertiary alicyclic amines) is 2. The topological polar surface area (TPSA) is 90.7 Å². The molecule has 2 aliphatic heterocycles. The van der Waals surface area contributed by atoms with Crippen molar-refractivity contribution in [3.8, 4) is 0 Å². The van der Waals surface area contributed by atoms with Crippen molar-refractivity contribution in [3.05, 3.63) is 53.3 Å². The highest BCUT2D eigenvalue weighted by Gasteiger charge is 2.42. The molecule has 2 aromatic rings. The first kappa shape index (κ1) is 25.2. The number of carbonyl (C=O) groups is 2. The normalized spacial score (nSPS) is 22.4. The number of amides is 2. The van der Waals surface area contributed by atoms with Crippen molar-refractivity contribution >= 4 is 12.0 Å². The van der Waals surface area contributed by atoms with Crippen LogP contribution in [0, 0.1) is 18.8 Å². The second kappa shape index (κ2) is 11.7. The molecular weight excluding hydrogens is 442 g/mol. The minimum absolute atomic E-state index is 0.0637. The lowest BCUT2D eigenvalue weighted by Gasteiger charge is -2.24. The Hall–Kier alpha value is -2.87. The molecule has 190 valence electrons. The van der Waals surface area contributed by atoms with Crippen LogP contribution in [0.25, 0.3) is 0 Å². The molecule has 1 aromatic carbocycles. The minimum atomic E-state index is -0.998. The molecule has 8 nitrogen and oxygen atoms in total. The van der Waals surface area contributed by atoms with Crippen LogP contribution >= 0.6 is 0 Å². The van der Waals surface area contributed by atoms with Gasteiger partial charge in [-0.05, 0) is 36.8 Å². The lowest BCUT2D eigenvalue weighted by atomic mass is 10.0. The summed E-state index contributed by atoms with van der Waals surface area (Å²) in [4.78, 5) is 28.4. The summed E-state index contributed by atoms with van der Waals surface area (Å²) in [7, 11) is 1.81. The van der Waals surface area contributed by atoms with Gasteiger partial charge in [0.1, 0.15) is 5.69 Å². The van der Waals surface area contributed by atoms with Crippen LogP contribution in [-0.4, -0.2) is 69.4 Å². The summed E-state index contributed by atoms with van der Waals surface area (Å²) in [6, 6.07) is 11.4. The molecule has 2 unspecified atom stereocenters. The highest BCUT2D eigenvalue weighted by atomic mass is 16.4. The zero-order chi connectivity index (χ0) is 24.8. The number of hydrogen-bond acceptors (Lipinski definition) is 4. The Morgan fingerprint density at radius 2 is 1.63 bits per heavy atom. The SMILES string of the molecule is C1CCCC1.Cc1cc(C(=O)N2CC3CN(CCC(NC(=O)O)c4ccccc4)C[C@H]3C2)n(C)n1. The lowest BCUT2D eigenvalue weighted by molar-refractivity contribution is 0.0763. The second-order valence-corrected chi connectivity index (χ2v) is 10.3. The quantitative estimate of drug-likeness (QED) is 0.649. The van der Waals surface area contributed by atoms with Gasteiger partial charge in [0.05, 0.1) is 11.7 Å². The first-order valence-corrected chi connectivity index (χ1v) is 13.0. The fraction of sp³-hybridized carbons (Fsp3) is 0.593. The predicted octanol–water partition coefficient (Wildman–Crippen LogP) is 4.08. The Kier molecular flexibility index (Phi) is 8.44. The van der Waals surface area contributed by atoms with Crippen molar-refractivity contribution in [1.82, 2.24) is 24.9 Å². The number of aromatic nitrogens is 2. The molecule has 2 saturated heterocycles. The number of aryl methyl sites for hydroxylation is 2. The third-order valence-electron chi connectivity index (χ3n) is 7.55. The molecule has 5 rings (SSSR count). The molecule has 1 saturated carbocycles. The maximum atomic E-state index is 12.9. The summed E-state index contributed by atoms with van der Waals surface area (Å²) in [6.45, 7) is 6.19. The van der Waals surface area contributed by atoms with Crippen LogP contribution in [0.15, 0.2) is 36.4 Å². The van der Waals surface area contributed by atoms with Crippen molar-refractivity contribution in [2.45, 2.75) is 51.5 Å². The van der Waals surface area contributed by atoms with E-state index in [1.165, 1.54) is 32.1 Å². The van der Waals surface area contributed by atoms with E-state index in [4.69, 9.17) is 0 Å². The summed E-state index contributed by atoms with van der Waals surface area (Å²) in [5.74, 6) is 1.02. The Bertz CT molecular complexity index is 966. The van der Waals surface area contributed by atoms with Crippen molar-refractivity contribution < 1.29 is 14.7 Å². The van der Waals surface area contributed by atoms with Crippen LogP contribution in [0.3, 0.4) is 0 Å². The third-order valence-corrected chi connectivity index (χ3v) is 7.55. The van der Waals surface area contributed by atoms with Gasteiger partial charge in [-0.2, -0.15) is 5.10 Å². The Morgan fingerprint density at radius 1 is 1.03 bits per heavy atom. The van der Waals surface area contributed by atoms with Gasteiger partial charge in [0, 0.05) is 39.8 Å². The van der Waals surface area contributed by atoms with Crippen molar-refractivity contribution in [2.75, 3.05) is 32.7 Å². The molecule has 1 aromatic heterocycles. The number of fused-ring (bicyclic) bond motifs is 1. The molecule has 3 aliphatic rings. The van der Waals surface area contributed by atoms with Crippen molar-refractivity contribution in [1.29, 1.82) is 0 Å². The molecule has 0 bridgehead atoms. The second-order valence-electron chi connectivity index (χ2n) is 10.3. The predicted molar refractivity (Wildman–Crippen MR) is 135 cm³/mol. The maximum Gasteiger partial charge on any atom is 0.405 e. The van der Waals surface area contributed by atoms with Gasteiger partial charge < -0.3 is 20.2 Å². The highest BCUT2D eigenvalue weighted by Crippen LogP contribution is 2.32. The van der Waals surface area contributed by atoms with Gasteiger partial charge in [-0.25, -0.2) is 4.79 Å². The number of benzene rings is 1. The largest absolute Gasteiger partial charge is 0.465 e. The van der Waals surface area contributed by atoms with E-state index in [-0.39, 0.29) is 11.9 Å². The number of hydrogen-bond donors (Lipinski definition) is 2. The first-order valence-electron chi connectivity index (χ1n) is 13.0. The molecule has 1 aliphatic carbocycles. The van der Waals surface area contributed by atoms with Gasteiger partial charge in [-0.3, -0.25) is 9.48 Å². The minimum Gasteiger partial charge on any atom is -0.465 e. The van der Waals surface area contributed by atoms with Crippen LogP contribution in [0.1, 0.15) is 66.3 Å². The number of carbonyl (C=O) groups excluding carboxylic acids is 1. The zero-order valence-corrected chi connectivity index (χ0v) is 21.0. The summed E-state index contributed by atoms with van der Waals surface area (Å²) in [5, 5.41) is 16.1. The van der Waals surface area contributed by atoms with Crippen LogP contribution in [0.4, 0.5) is 4.79 Å². The summed E-state index contributed by atoms with van der Waals surface area (Å²) in [6.07, 6.45) is 7.23. The molecule has 0 radical (unpaired) electrons. The van der Waals surface area contributed by atoms with Gasteiger partial charge in [0.15, 0.2) is 0 Å². The van der Waals surface area contributed by atoms with Crippen LogP contribution in [0.5, 0.6) is 0 Å². The number of carboxylic acid groups (broad SMARTS) is 1. The Balaban J connectivity index is 0.000000514. The maximum absolute atomic E-state index is 12.9. The van der Waals surface area contributed by atoms with Gasteiger partial charge >= 0.3 is 6.09 Å². The van der Waals surface area contributed by atoms with Crippen molar-refractivity contribution in [2.24, 2.45) is 18.9 Å². The van der Waals surface area contributed by atoms with Gasteiger partial charge in [-0.15, -0.1) is 0 Å². The van der Waals surface area contributed by atoms with E-state index >= 15 is 0 Å². The van der Waals surface area contributed by atoms with E-state index in [0.717, 1.165) is 50.4 Å². The van der Waals surface area contributed by atoms with E-state index < -0.39 is 6.09 Å². The molecule has 2 amide bonds. The standard InChI is InChI=1S/C22H29N5O3.C5H10/c1-15-10-20(25(2)24-15)21(28)27-13-17-11-26(12-18(17)14-27)9-8-19(23-22(29)30)16-6-4-3-5-7-16;1-2-4-5-3-1/h3-7,10,17-19,23H,8-9,11-14H2,1-2H3,(H,29,30);1-5H2/t17-,18?,19?;/m0./s1. The van der Waals surface area contributed by atoms with E-state index in [1.807, 2.05) is 55.3 Å². The number of rotatable bonds is 6. The molecule has 3 fully saturated rings. The van der Waals surface area contributed by atoms with E-state index in [2.05, 4.69) is 15.3 Å². The van der Waals surface area contributed by atoms with E-state index in [9.17, 15) is 14.7 Å². The fourth-order valence-corrected chi connectivity index (χ4v) is 5.76. The summed E-state index contributed by atoms with van der Waals surface area (Å²) in [5.41, 5.74) is 2.49. The van der Waals surface area contributed by atoms with Crippen LogP contribution < -0.4 is 5.32 Å². The van der Waals surface area contributed by atoms with E-state index in [0.29, 0.717) is 17.5 Å². The summed E-state index contributed by atoms with van der Waals surface area (Å²) < 4.78 is 1.66. The van der Waals surface area contributed by atoms with Gasteiger partial charge in [0.25, 0.3) is 5.91 Å². The van der Waals surface area contributed by atoms with E-state index in [1.54, 1.807) is 4.68 Å². The molecular formula is C27H39N5O3. The molecule has 35 heavy (non-hydrogen) atoms. The lowest BCUT2D eigenvalue weighted by Crippen LogP contribution is -2.35. The smallest absolute Gasteiger partial charge is 0.405 e. The molecule has 8 heteroatoms. The average Bonchev–Trinajstić information content (AvgIpc) is 3.62. The number of nitrogens with one attached hydrogen (secondary N) is 1. The first-order chi connectivity index (χ1) is 16.9. The van der Waals surface area contributed by atoms with Crippen LogP contribution in [0.2, 0.25) is 0 Å². The number of nitrogens with zero attached hydrogens (tertiary/aromatic N) is 4. The Labute approximate surface area is 208 Å². The van der Waals surface area contributed by atoms with Crippen LogP contribution in [-0.2, 0) is 7.05 Å². The Morgan fingerprint density at radius 3 is 2.14 bits per heavy atom. The van der Waals surface area contributed by atoms with Gasteiger partial charge in [0.2, 0.25) is 0 Å². The highest BCUT2D eigenvalue weighted by molar-refractivity contribution is 5.93.